The third kappa shape index (κ3) is 2.67. The van der Waals surface area contributed by atoms with Gasteiger partial charge in [-0.3, -0.25) is 4.90 Å². The number of nitrogens with zero attached hydrogens (tertiary/aromatic N) is 3. The summed E-state index contributed by atoms with van der Waals surface area (Å²) in [7, 11) is 0. The number of nitrogens with two attached hydrogens (primary N) is 1. The molecule has 0 aliphatic carbocycles. The summed E-state index contributed by atoms with van der Waals surface area (Å²) < 4.78 is 1.19. The average molecular weight is 276 g/mol. The number of benzene rings is 1. The maximum atomic E-state index is 5.82. The summed E-state index contributed by atoms with van der Waals surface area (Å²) in [6.07, 6.45) is 1.24. The van der Waals surface area contributed by atoms with Crippen LogP contribution in [0, 0.1) is 0 Å². The number of nitrogen functional groups attached to an aromatic ring is 1. The number of piperazine rings is 1. The van der Waals surface area contributed by atoms with E-state index in [4.69, 9.17) is 10.7 Å². The van der Waals surface area contributed by atoms with Crippen molar-refractivity contribution in [1.29, 1.82) is 0 Å². The Bertz CT molecular complexity index is 558. The molecule has 0 unspecified atom stereocenters. The first kappa shape index (κ1) is 12.7. The van der Waals surface area contributed by atoms with Crippen LogP contribution < -0.4 is 10.6 Å². The van der Waals surface area contributed by atoms with Gasteiger partial charge in [-0.2, -0.15) is 0 Å². The van der Waals surface area contributed by atoms with E-state index in [1.165, 1.54) is 17.7 Å². The molecule has 2 N–H and O–H groups in total. The van der Waals surface area contributed by atoms with Crippen molar-refractivity contribution in [2.75, 3.05) is 43.4 Å². The van der Waals surface area contributed by atoms with Gasteiger partial charge in [-0.05, 0) is 31.2 Å². The van der Waals surface area contributed by atoms with Crippen LogP contribution in [0.4, 0.5) is 10.8 Å². The quantitative estimate of drug-likeness (QED) is 0.875. The van der Waals surface area contributed by atoms with E-state index < -0.39 is 0 Å². The number of hydrogen-bond acceptors (Lipinski definition) is 5. The number of fused-ring (bicyclic) bond motifs is 1. The molecule has 2 heterocycles. The van der Waals surface area contributed by atoms with Crippen LogP contribution in [0.15, 0.2) is 18.2 Å². The summed E-state index contributed by atoms with van der Waals surface area (Å²) in [4.78, 5) is 9.64. The van der Waals surface area contributed by atoms with Gasteiger partial charge in [-0.1, -0.05) is 18.3 Å². The van der Waals surface area contributed by atoms with Gasteiger partial charge in [0.25, 0.3) is 0 Å². The van der Waals surface area contributed by atoms with E-state index in [-0.39, 0.29) is 0 Å². The van der Waals surface area contributed by atoms with E-state index in [1.807, 2.05) is 18.2 Å². The first-order chi connectivity index (χ1) is 9.26. The molecule has 2 aromatic rings. The highest BCUT2D eigenvalue weighted by Gasteiger charge is 2.19. The number of aromatic nitrogens is 1. The molecular weight excluding hydrogens is 256 g/mol. The highest BCUT2D eigenvalue weighted by atomic mass is 32.1. The summed E-state index contributed by atoms with van der Waals surface area (Å²) in [5.74, 6) is 0. The Morgan fingerprint density at radius 2 is 2.05 bits per heavy atom. The van der Waals surface area contributed by atoms with Crippen molar-refractivity contribution in [2.45, 2.75) is 13.3 Å². The van der Waals surface area contributed by atoms with Gasteiger partial charge < -0.3 is 10.6 Å². The SMILES string of the molecule is CCCN1CCN(c2nc3ccc(N)cc3s2)CC1. The normalized spacial score (nSPS) is 17.2. The van der Waals surface area contributed by atoms with Gasteiger partial charge >= 0.3 is 0 Å². The van der Waals surface area contributed by atoms with Crippen molar-refractivity contribution < 1.29 is 0 Å². The molecule has 0 atom stereocenters. The zero-order valence-corrected chi connectivity index (χ0v) is 12.1. The average Bonchev–Trinajstić information content (AvgIpc) is 2.83. The smallest absolute Gasteiger partial charge is 0.186 e. The Kier molecular flexibility index (Phi) is 3.57. The van der Waals surface area contributed by atoms with Crippen molar-refractivity contribution in [3.63, 3.8) is 0 Å². The third-order valence-electron chi connectivity index (χ3n) is 3.58. The van der Waals surface area contributed by atoms with E-state index in [9.17, 15) is 0 Å². The van der Waals surface area contributed by atoms with Crippen molar-refractivity contribution in [3.05, 3.63) is 18.2 Å². The Labute approximate surface area is 117 Å². The standard InChI is InChI=1S/C14H20N4S/c1-2-5-17-6-8-18(9-7-17)14-16-12-4-3-11(15)10-13(12)19-14/h3-4,10H,2,5-9,15H2,1H3. The first-order valence-electron chi connectivity index (χ1n) is 6.89. The summed E-state index contributed by atoms with van der Waals surface area (Å²) in [5, 5.41) is 1.14. The lowest BCUT2D eigenvalue weighted by Crippen LogP contribution is -2.46. The highest BCUT2D eigenvalue weighted by Crippen LogP contribution is 2.30. The predicted molar refractivity (Wildman–Crippen MR) is 83.0 cm³/mol. The first-order valence-corrected chi connectivity index (χ1v) is 7.71. The summed E-state index contributed by atoms with van der Waals surface area (Å²) in [6.45, 7) is 7.90. The largest absolute Gasteiger partial charge is 0.399 e. The molecule has 0 spiro atoms. The van der Waals surface area contributed by atoms with E-state index >= 15 is 0 Å². The van der Waals surface area contributed by atoms with Gasteiger partial charge in [0.1, 0.15) is 0 Å². The van der Waals surface area contributed by atoms with E-state index in [0.29, 0.717) is 0 Å². The summed E-state index contributed by atoms with van der Waals surface area (Å²) >= 11 is 1.75. The molecule has 0 amide bonds. The van der Waals surface area contributed by atoms with Gasteiger partial charge in [0.05, 0.1) is 10.2 Å². The Balaban J connectivity index is 1.74. The van der Waals surface area contributed by atoms with Crippen LogP contribution in [0.2, 0.25) is 0 Å². The van der Waals surface area contributed by atoms with Crippen LogP contribution in [0.5, 0.6) is 0 Å². The minimum Gasteiger partial charge on any atom is -0.399 e. The summed E-state index contributed by atoms with van der Waals surface area (Å²) in [5.41, 5.74) is 7.70. The maximum absolute atomic E-state index is 5.82. The second-order valence-electron chi connectivity index (χ2n) is 5.05. The zero-order chi connectivity index (χ0) is 13.2. The lowest BCUT2D eigenvalue weighted by atomic mass is 10.3. The molecule has 5 heteroatoms. The van der Waals surface area contributed by atoms with Crippen molar-refractivity contribution in [3.8, 4) is 0 Å². The molecule has 0 bridgehead atoms. The monoisotopic (exact) mass is 276 g/mol. The molecule has 1 aromatic carbocycles. The minimum atomic E-state index is 0.815. The van der Waals surface area contributed by atoms with Gasteiger partial charge in [0.15, 0.2) is 5.13 Å². The fraction of sp³-hybridized carbons (Fsp3) is 0.500. The molecule has 3 rings (SSSR count). The minimum absolute atomic E-state index is 0.815. The van der Waals surface area contributed by atoms with Crippen LogP contribution in [0.25, 0.3) is 10.2 Å². The number of hydrogen-bond donors (Lipinski definition) is 1. The van der Waals surface area contributed by atoms with Crippen LogP contribution in [-0.2, 0) is 0 Å². The second kappa shape index (κ2) is 5.35. The van der Waals surface area contributed by atoms with Crippen LogP contribution in [0.3, 0.4) is 0 Å². The molecular formula is C14H20N4S. The van der Waals surface area contributed by atoms with Crippen LogP contribution in [0.1, 0.15) is 13.3 Å². The molecule has 4 nitrogen and oxygen atoms in total. The van der Waals surface area contributed by atoms with Crippen molar-refractivity contribution in [2.24, 2.45) is 0 Å². The van der Waals surface area contributed by atoms with E-state index in [1.54, 1.807) is 11.3 Å². The topological polar surface area (TPSA) is 45.4 Å². The van der Waals surface area contributed by atoms with Gasteiger partial charge in [0, 0.05) is 31.9 Å². The van der Waals surface area contributed by atoms with Gasteiger partial charge in [-0.25, -0.2) is 4.98 Å². The lowest BCUT2D eigenvalue weighted by molar-refractivity contribution is 0.258. The molecule has 1 saturated heterocycles. The van der Waals surface area contributed by atoms with Gasteiger partial charge in [0.2, 0.25) is 0 Å². The van der Waals surface area contributed by atoms with E-state index in [2.05, 4.69) is 16.7 Å². The number of anilines is 2. The van der Waals surface area contributed by atoms with Crippen LogP contribution >= 0.6 is 11.3 Å². The summed E-state index contributed by atoms with van der Waals surface area (Å²) in [6, 6.07) is 5.95. The molecule has 102 valence electrons. The van der Waals surface area contributed by atoms with E-state index in [0.717, 1.165) is 42.5 Å². The molecule has 1 aromatic heterocycles. The van der Waals surface area contributed by atoms with Crippen molar-refractivity contribution in [1.82, 2.24) is 9.88 Å². The maximum Gasteiger partial charge on any atom is 0.186 e. The molecule has 1 aliphatic heterocycles. The second-order valence-corrected chi connectivity index (χ2v) is 6.06. The Morgan fingerprint density at radius 1 is 1.26 bits per heavy atom. The van der Waals surface area contributed by atoms with Crippen molar-refractivity contribution >= 4 is 32.4 Å². The molecule has 1 fully saturated rings. The fourth-order valence-electron chi connectivity index (χ4n) is 2.54. The predicted octanol–water partition coefficient (Wildman–Crippen LogP) is 2.41. The number of thiazole rings is 1. The third-order valence-corrected chi connectivity index (χ3v) is 4.66. The molecule has 0 saturated carbocycles. The van der Waals surface area contributed by atoms with Crippen LogP contribution in [-0.4, -0.2) is 42.6 Å². The highest BCUT2D eigenvalue weighted by molar-refractivity contribution is 7.22. The Hall–Kier alpha value is -1.33. The fourth-order valence-corrected chi connectivity index (χ4v) is 3.61. The number of rotatable bonds is 3. The van der Waals surface area contributed by atoms with Gasteiger partial charge in [-0.15, -0.1) is 0 Å². The molecule has 19 heavy (non-hydrogen) atoms. The molecule has 0 radical (unpaired) electrons. The Morgan fingerprint density at radius 3 is 2.79 bits per heavy atom. The molecule has 1 aliphatic rings. The lowest BCUT2D eigenvalue weighted by Gasteiger charge is -2.34. The zero-order valence-electron chi connectivity index (χ0n) is 11.3.